The molecule has 1 saturated heterocycles. The van der Waals surface area contributed by atoms with Crippen molar-refractivity contribution >= 4 is 39.3 Å². The number of carbonyl (C=O) groups excluding carboxylic acids is 2. The first-order chi connectivity index (χ1) is 12.8. The van der Waals surface area contributed by atoms with Gasteiger partial charge in [-0.2, -0.15) is 0 Å². The highest BCUT2D eigenvalue weighted by Gasteiger charge is 2.29. The van der Waals surface area contributed by atoms with Gasteiger partial charge in [0.1, 0.15) is 16.0 Å². The Morgan fingerprint density at radius 3 is 2.56 bits per heavy atom. The molecule has 2 aromatic heterocycles. The highest BCUT2D eigenvalue weighted by Crippen LogP contribution is 2.33. The minimum Gasteiger partial charge on any atom is -0.462 e. The third kappa shape index (κ3) is 4.32. The minimum atomic E-state index is -0.515. The van der Waals surface area contributed by atoms with Crippen LogP contribution in [0.3, 0.4) is 0 Å². The van der Waals surface area contributed by atoms with Crippen molar-refractivity contribution in [1.82, 2.24) is 9.88 Å². The van der Waals surface area contributed by atoms with Crippen LogP contribution in [0.1, 0.15) is 38.1 Å². The van der Waals surface area contributed by atoms with Gasteiger partial charge in [0, 0.05) is 37.8 Å². The average molecular weight is 391 g/mol. The summed E-state index contributed by atoms with van der Waals surface area (Å²) in [6.07, 6.45) is 1.29. The summed E-state index contributed by atoms with van der Waals surface area (Å²) in [5.41, 5.74) is 0.788. The number of amides is 1. The van der Waals surface area contributed by atoms with Crippen LogP contribution in [-0.2, 0) is 9.47 Å². The minimum absolute atomic E-state index is 0.303. The maximum absolute atomic E-state index is 12.4. The summed E-state index contributed by atoms with van der Waals surface area (Å²) in [4.78, 5) is 33.8. The van der Waals surface area contributed by atoms with E-state index in [1.165, 1.54) is 11.3 Å². The van der Waals surface area contributed by atoms with E-state index in [1.54, 1.807) is 18.0 Å². The quantitative estimate of drug-likeness (QED) is 0.746. The fraction of sp³-hybridized carbons (Fsp3) is 0.526. The number of aromatic nitrogens is 1. The number of carbonyl (C=O) groups is 2. The smallest absolute Gasteiger partial charge is 0.410 e. The fourth-order valence-electron chi connectivity index (χ4n) is 3.05. The monoisotopic (exact) mass is 391 g/mol. The van der Waals surface area contributed by atoms with Crippen LogP contribution in [0.2, 0.25) is 0 Å². The molecule has 8 heteroatoms. The molecule has 0 aromatic carbocycles. The Balaban J connectivity index is 1.82. The van der Waals surface area contributed by atoms with E-state index < -0.39 is 5.60 Å². The van der Waals surface area contributed by atoms with E-state index >= 15 is 0 Å². The van der Waals surface area contributed by atoms with Crippen LogP contribution in [0.5, 0.6) is 0 Å². The van der Waals surface area contributed by atoms with Crippen LogP contribution in [-0.4, -0.2) is 60.3 Å². The highest BCUT2D eigenvalue weighted by molar-refractivity contribution is 7.16. The molecule has 2 aromatic rings. The van der Waals surface area contributed by atoms with Crippen molar-refractivity contribution < 1.29 is 19.1 Å². The lowest BCUT2D eigenvalue weighted by Gasteiger charge is -2.37. The molecule has 0 aliphatic carbocycles. The second-order valence-electron chi connectivity index (χ2n) is 7.33. The van der Waals surface area contributed by atoms with E-state index in [1.807, 2.05) is 32.2 Å². The Bertz CT molecular complexity index is 835. The number of nitrogens with zero attached hydrogens (tertiary/aromatic N) is 3. The van der Waals surface area contributed by atoms with Crippen LogP contribution in [0.15, 0.2) is 17.6 Å². The number of thiophene rings is 1. The molecule has 7 nitrogen and oxygen atoms in total. The van der Waals surface area contributed by atoms with Gasteiger partial charge in [-0.15, -0.1) is 11.3 Å². The van der Waals surface area contributed by atoms with E-state index in [0.29, 0.717) is 38.3 Å². The van der Waals surface area contributed by atoms with Crippen LogP contribution in [0, 0.1) is 0 Å². The van der Waals surface area contributed by atoms with E-state index in [-0.39, 0.29) is 12.1 Å². The number of esters is 1. The van der Waals surface area contributed by atoms with Gasteiger partial charge in [0.05, 0.1) is 12.3 Å². The molecule has 0 atom stereocenters. The van der Waals surface area contributed by atoms with Gasteiger partial charge in [-0.05, 0) is 39.1 Å². The predicted octanol–water partition coefficient (Wildman–Crippen LogP) is 3.53. The summed E-state index contributed by atoms with van der Waals surface area (Å²) in [7, 11) is 0. The SMILES string of the molecule is CCOC(=O)c1cnc2sccc2c1N1CCN(C(=O)OC(C)(C)C)CC1. The van der Waals surface area contributed by atoms with Crippen molar-refractivity contribution in [2.45, 2.75) is 33.3 Å². The summed E-state index contributed by atoms with van der Waals surface area (Å²) in [5, 5.41) is 2.91. The Morgan fingerprint density at radius 2 is 1.93 bits per heavy atom. The molecule has 146 valence electrons. The van der Waals surface area contributed by atoms with Crippen LogP contribution >= 0.6 is 11.3 Å². The number of pyridine rings is 1. The van der Waals surface area contributed by atoms with E-state index in [2.05, 4.69) is 9.88 Å². The first kappa shape index (κ1) is 19.4. The van der Waals surface area contributed by atoms with Crippen molar-refractivity contribution in [2.75, 3.05) is 37.7 Å². The van der Waals surface area contributed by atoms with Crippen molar-refractivity contribution in [3.8, 4) is 0 Å². The molecular formula is C19H25N3O4S. The first-order valence-electron chi connectivity index (χ1n) is 9.06. The van der Waals surface area contributed by atoms with Gasteiger partial charge in [-0.25, -0.2) is 14.6 Å². The number of piperazine rings is 1. The van der Waals surface area contributed by atoms with E-state index in [0.717, 1.165) is 15.9 Å². The first-order valence-corrected chi connectivity index (χ1v) is 9.94. The largest absolute Gasteiger partial charge is 0.462 e. The lowest BCUT2D eigenvalue weighted by molar-refractivity contribution is 0.0239. The van der Waals surface area contributed by atoms with Gasteiger partial charge in [0.25, 0.3) is 0 Å². The topological polar surface area (TPSA) is 72.0 Å². The summed E-state index contributed by atoms with van der Waals surface area (Å²) >= 11 is 1.54. The van der Waals surface area contributed by atoms with Gasteiger partial charge in [0.2, 0.25) is 0 Å². The normalized spacial score (nSPS) is 15.1. The molecule has 0 unspecified atom stereocenters. The molecule has 0 saturated carbocycles. The predicted molar refractivity (Wildman–Crippen MR) is 106 cm³/mol. The second kappa shape index (κ2) is 7.72. The lowest BCUT2D eigenvalue weighted by atomic mass is 10.1. The Hall–Kier alpha value is -2.35. The van der Waals surface area contributed by atoms with Crippen molar-refractivity contribution in [3.63, 3.8) is 0 Å². The Kier molecular flexibility index (Phi) is 5.55. The maximum Gasteiger partial charge on any atom is 0.410 e. The molecule has 27 heavy (non-hydrogen) atoms. The van der Waals surface area contributed by atoms with E-state index in [9.17, 15) is 9.59 Å². The van der Waals surface area contributed by atoms with Gasteiger partial charge in [-0.1, -0.05) is 0 Å². The number of hydrogen-bond donors (Lipinski definition) is 0. The number of fused-ring (bicyclic) bond motifs is 1. The van der Waals surface area contributed by atoms with Crippen molar-refractivity contribution in [2.24, 2.45) is 0 Å². The molecule has 3 heterocycles. The molecule has 0 N–H and O–H groups in total. The van der Waals surface area contributed by atoms with Crippen molar-refractivity contribution in [3.05, 3.63) is 23.2 Å². The van der Waals surface area contributed by atoms with Crippen LogP contribution in [0.25, 0.3) is 10.2 Å². The third-order valence-electron chi connectivity index (χ3n) is 4.21. The molecule has 1 aliphatic heterocycles. The number of ether oxygens (including phenoxy) is 2. The number of anilines is 1. The maximum atomic E-state index is 12.4. The highest BCUT2D eigenvalue weighted by atomic mass is 32.1. The molecule has 3 rings (SSSR count). The molecule has 1 amide bonds. The molecular weight excluding hydrogens is 366 g/mol. The van der Waals surface area contributed by atoms with Crippen molar-refractivity contribution in [1.29, 1.82) is 0 Å². The molecule has 0 bridgehead atoms. The second-order valence-corrected chi connectivity index (χ2v) is 8.23. The summed E-state index contributed by atoms with van der Waals surface area (Å²) in [6, 6.07) is 1.98. The summed E-state index contributed by atoms with van der Waals surface area (Å²) < 4.78 is 10.7. The van der Waals surface area contributed by atoms with Gasteiger partial charge >= 0.3 is 12.1 Å². The van der Waals surface area contributed by atoms with Gasteiger partial charge < -0.3 is 19.3 Å². The number of rotatable bonds is 3. The lowest BCUT2D eigenvalue weighted by Crippen LogP contribution is -2.50. The van der Waals surface area contributed by atoms with Gasteiger partial charge in [-0.3, -0.25) is 0 Å². The molecule has 1 aliphatic rings. The molecule has 0 radical (unpaired) electrons. The fourth-order valence-corrected chi connectivity index (χ4v) is 3.79. The molecule has 0 spiro atoms. The Labute approximate surface area is 162 Å². The van der Waals surface area contributed by atoms with Gasteiger partial charge in [0.15, 0.2) is 0 Å². The number of hydrogen-bond acceptors (Lipinski definition) is 7. The average Bonchev–Trinajstić information content (AvgIpc) is 3.08. The van der Waals surface area contributed by atoms with Crippen LogP contribution in [0.4, 0.5) is 10.5 Å². The standard InChI is InChI=1S/C19H25N3O4S/c1-5-25-17(23)14-12-20-16-13(6-11-27-16)15(14)21-7-9-22(10-8-21)18(24)26-19(2,3)4/h6,11-12H,5,7-10H2,1-4H3. The molecule has 1 fully saturated rings. The zero-order valence-corrected chi connectivity index (χ0v) is 17.0. The van der Waals surface area contributed by atoms with E-state index in [4.69, 9.17) is 9.47 Å². The zero-order valence-electron chi connectivity index (χ0n) is 16.2. The zero-order chi connectivity index (χ0) is 19.6. The third-order valence-corrected chi connectivity index (χ3v) is 5.03. The summed E-state index contributed by atoms with van der Waals surface area (Å²) in [5.74, 6) is -0.373. The Morgan fingerprint density at radius 1 is 1.22 bits per heavy atom. The summed E-state index contributed by atoms with van der Waals surface area (Å²) in [6.45, 7) is 9.96. The van der Waals surface area contributed by atoms with Crippen LogP contribution < -0.4 is 4.90 Å².